The van der Waals surface area contributed by atoms with Crippen molar-refractivity contribution in [2.75, 3.05) is 17.7 Å². The van der Waals surface area contributed by atoms with E-state index in [1.54, 1.807) is 17.8 Å². The van der Waals surface area contributed by atoms with Crippen LogP contribution in [0.5, 0.6) is 0 Å². The molecule has 0 saturated heterocycles. The molecule has 0 saturated carbocycles. The molecule has 4 heteroatoms. The fourth-order valence-corrected chi connectivity index (χ4v) is 2.25. The Morgan fingerprint density at radius 3 is 2.93 bits per heavy atom. The second-order valence-electron chi connectivity index (χ2n) is 2.71. The van der Waals surface area contributed by atoms with Crippen LogP contribution < -0.4 is 5.73 Å². The zero-order valence-electron chi connectivity index (χ0n) is 7.92. The molecule has 0 fully saturated rings. The van der Waals surface area contributed by atoms with Gasteiger partial charge in [0.25, 0.3) is 0 Å². The number of benzene rings is 1. The van der Waals surface area contributed by atoms with Crippen molar-refractivity contribution in [2.45, 2.75) is 4.90 Å². The van der Waals surface area contributed by atoms with Crippen LogP contribution in [-0.4, -0.2) is 12.0 Å². The second-order valence-corrected chi connectivity index (χ2v) is 4.72. The summed E-state index contributed by atoms with van der Waals surface area (Å²) in [5.74, 6) is 0.505. The Hall–Kier alpha value is -0.610. The van der Waals surface area contributed by atoms with Crippen molar-refractivity contribution in [1.29, 1.82) is 0 Å². The van der Waals surface area contributed by atoms with Crippen LogP contribution in [0.25, 0.3) is 0 Å². The quantitative estimate of drug-likeness (QED) is 0.633. The van der Waals surface area contributed by atoms with E-state index < -0.39 is 0 Å². The van der Waals surface area contributed by atoms with Gasteiger partial charge in [0, 0.05) is 16.3 Å². The average molecular weight is 229 g/mol. The van der Waals surface area contributed by atoms with Gasteiger partial charge >= 0.3 is 0 Å². The molecule has 0 bridgehead atoms. The number of rotatable bonds is 4. The predicted octanol–water partition coefficient (Wildman–Crippen LogP) is 3.38. The number of hydrogen-bond acceptors (Lipinski definition) is 3. The van der Waals surface area contributed by atoms with E-state index in [9.17, 15) is 4.39 Å². The van der Waals surface area contributed by atoms with Gasteiger partial charge in [-0.1, -0.05) is 6.58 Å². The first-order chi connectivity index (χ1) is 6.63. The van der Waals surface area contributed by atoms with Gasteiger partial charge in [0.05, 0.1) is 0 Å². The molecule has 2 N–H and O–H groups in total. The number of nitrogens with two attached hydrogens (primary N) is 1. The monoisotopic (exact) mass is 229 g/mol. The standard InChI is InChI=1S/C10H12FNS2/c1-7(13-2)6-14-10-5-8(11)3-4-9(10)12/h3-5H,1,6,12H2,2H3. The molecule has 0 spiro atoms. The predicted molar refractivity (Wildman–Crippen MR) is 64.2 cm³/mol. The lowest BCUT2D eigenvalue weighted by atomic mass is 10.3. The van der Waals surface area contributed by atoms with Gasteiger partial charge < -0.3 is 5.73 Å². The van der Waals surface area contributed by atoms with E-state index in [1.807, 2.05) is 6.26 Å². The van der Waals surface area contributed by atoms with Gasteiger partial charge in [-0.15, -0.1) is 23.5 Å². The van der Waals surface area contributed by atoms with Crippen molar-refractivity contribution in [2.24, 2.45) is 0 Å². The van der Waals surface area contributed by atoms with Crippen molar-refractivity contribution in [3.05, 3.63) is 35.5 Å². The minimum atomic E-state index is -0.253. The zero-order chi connectivity index (χ0) is 10.6. The maximum absolute atomic E-state index is 12.9. The summed E-state index contributed by atoms with van der Waals surface area (Å²) in [6, 6.07) is 4.40. The summed E-state index contributed by atoms with van der Waals surface area (Å²) in [4.78, 5) is 1.83. The van der Waals surface area contributed by atoms with Crippen LogP contribution in [0.2, 0.25) is 0 Å². The Morgan fingerprint density at radius 1 is 1.57 bits per heavy atom. The molecule has 14 heavy (non-hydrogen) atoms. The Bertz CT molecular complexity index is 339. The number of anilines is 1. The first-order valence-corrected chi connectivity index (χ1v) is 6.24. The summed E-state index contributed by atoms with van der Waals surface area (Å²) >= 11 is 3.11. The van der Waals surface area contributed by atoms with Crippen molar-refractivity contribution < 1.29 is 4.39 Å². The van der Waals surface area contributed by atoms with E-state index in [-0.39, 0.29) is 5.82 Å². The van der Waals surface area contributed by atoms with Gasteiger partial charge in [0.1, 0.15) is 5.82 Å². The minimum Gasteiger partial charge on any atom is -0.398 e. The molecule has 0 amide bonds. The van der Waals surface area contributed by atoms with Crippen molar-refractivity contribution in [3.8, 4) is 0 Å². The molecule has 0 unspecified atom stereocenters. The topological polar surface area (TPSA) is 26.0 Å². The molecule has 1 nitrogen and oxygen atoms in total. The Balaban J connectivity index is 2.66. The fourth-order valence-electron chi connectivity index (χ4n) is 0.850. The largest absolute Gasteiger partial charge is 0.398 e. The van der Waals surface area contributed by atoms with Crippen molar-refractivity contribution in [3.63, 3.8) is 0 Å². The molecule has 76 valence electrons. The van der Waals surface area contributed by atoms with Gasteiger partial charge in [-0.25, -0.2) is 4.39 Å². The minimum absolute atomic E-state index is 0.253. The van der Waals surface area contributed by atoms with E-state index in [0.29, 0.717) is 5.69 Å². The highest BCUT2D eigenvalue weighted by Gasteiger charge is 2.02. The van der Waals surface area contributed by atoms with Crippen LogP contribution in [0.1, 0.15) is 0 Å². The molecule has 0 radical (unpaired) electrons. The van der Waals surface area contributed by atoms with Gasteiger partial charge in [-0.3, -0.25) is 0 Å². The van der Waals surface area contributed by atoms with E-state index >= 15 is 0 Å². The summed E-state index contributed by atoms with van der Waals surface area (Å²) in [7, 11) is 0. The average Bonchev–Trinajstić information content (AvgIpc) is 2.19. The second kappa shape index (κ2) is 5.32. The summed E-state index contributed by atoms with van der Waals surface area (Å²) < 4.78 is 12.9. The molecule has 0 aliphatic heterocycles. The SMILES string of the molecule is C=C(CSc1cc(F)ccc1N)SC. The van der Waals surface area contributed by atoms with Crippen molar-refractivity contribution >= 4 is 29.2 Å². The third-order valence-corrected chi connectivity index (χ3v) is 3.71. The molecular formula is C10H12FNS2. The number of nitrogen functional groups attached to an aromatic ring is 1. The first-order valence-electron chi connectivity index (χ1n) is 4.03. The number of thioether (sulfide) groups is 2. The first kappa shape index (κ1) is 11.5. The van der Waals surface area contributed by atoms with Crippen molar-refractivity contribution in [1.82, 2.24) is 0 Å². The smallest absolute Gasteiger partial charge is 0.124 e. The highest BCUT2D eigenvalue weighted by Crippen LogP contribution is 2.28. The normalized spacial score (nSPS) is 10.1. The lowest BCUT2D eigenvalue weighted by molar-refractivity contribution is 0.624. The summed E-state index contributed by atoms with van der Waals surface area (Å²) in [6.45, 7) is 3.85. The van der Waals surface area contributed by atoms with E-state index in [2.05, 4.69) is 6.58 Å². The molecule has 1 rings (SSSR count). The maximum Gasteiger partial charge on any atom is 0.124 e. The van der Waals surface area contributed by atoms with E-state index in [1.165, 1.54) is 23.9 Å². The van der Waals surface area contributed by atoms with Gasteiger partial charge in [-0.05, 0) is 29.4 Å². The Kier molecular flexibility index (Phi) is 4.35. The highest BCUT2D eigenvalue weighted by molar-refractivity contribution is 8.05. The molecule has 0 heterocycles. The zero-order valence-corrected chi connectivity index (χ0v) is 9.55. The lowest BCUT2D eigenvalue weighted by Crippen LogP contribution is -1.90. The molecule has 0 aliphatic carbocycles. The third-order valence-electron chi connectivity index (χ3n) is 1.65. The van der Waals surface area contributed by atoms with Crippen LogP contribution >= 0.6 is 23.5 Å². The fraction of sp³-hybridized carbons (Fsp3) is 0.200. The molecular weight excluding hydrogens is 217 g/mol. The molecule has 0 atom stereocenters. The highest BCUT2D eigenvalue weighted by atomic mass is 32.2. The maximum atomic E-state index is 12.9. The Labute approximate surface area is 92.0 Å². The molecule has 1 aromatic rings. The number of halogens is 1. The van der Waals surface area contributed by atoms with Crippen LogP contribution in [0, 0.1) is 5.82 Å². The molecule has 0 aromatic heterocycles. The van der Waals surface area contributed by atoms with E-state index in [0.717, 1.165) is 15.6 Å². The van der Waals surface area contributed by atoms with Crippen LogP contribution in [0.15, 0.2) is 34.6 Å². The van der Waals surface area contributed by atoms with Gasteiger partial charge in [0.15, 0.2) is 0 Å². The van der Waals surface area contributed by atoms with Crippen LogP contribution in [0.4, 0.5) is 10.1 Å². The molecule has 1 aromatic carbocycles. The van der Waals surface area contributed by atoms with E-state index in [4.69, 9.17) is 5.73 Å². The summed E-state index contributed by atoms with van der Waals surface area (Å²) in [5.41, 5.74) is 6.31. The third kappa shape index (κ3) is 3.27. The number of hydrogen-bond donors (Lipinski definition) is 1. The van der Waals surface area contributed by atoms with Crippen LogP contribution in [-0.2, 0) is 0 Å². The van der Waals surface area contributed by atoms with Gasteiger partial charge in [-0.2, -0.15) is 0 Å². The lowest BCUT2D eigenvalue weighted by Gasteiger charge is -2.05. The summed E-state index contributed by atoms with van der Waals surface area (Å²) in [5, 5.41) is 0. The summed E-state index contributed by atoms with van der Waals surface area (Å²) in [6.07, 6.45) is 1.97. The molecule has 0 aliphatic rings. The van der Waals surface area contributed by atoms with Crippen LogP contribution in [0.3, 0.4) is 0 Å². The van der Waals surface area contributed by atoms with Gasteiger partial charge in [0.2, 0.25) is 0 Å². The Morgan fingerprint density at radius 2 is 2.29 bits per heavy atom.